The van der Waals surface area contributed by atoms with Crippen molar-refractivity contribution in [3.63, 3.8) is 0 Å². The highest BCUT2D eigenvalue weighted by atomic mass is 16.6. The molecule has 0 saturated heterocycles. The Morgan fingerprint density at radius 1 is 1.24 bits per heavy atom. The van der Waals surface area contributed by atoms with E-state index in [0.717, 1.165) is 16.5 Å². The lowest BCUT2D eigenvalue weighted by Gasteiger charge is -2.19. The average molecular weight is 286 g/mol. The average Bonchev–Trinajstić information content (AvgIpc) is 2.77. The number of hydrogen-bond acceptors (Lipinski definition) is 3. The van der Waals surface area contributed by atoms with Gasteiger partial charge in [-0.05, 0) is 50.6 Å². The molecule has 0 fully saturated rings. The standard InChI is InChI=1S/C16H18N2O3/c1-16(2,3)21-15(20)18-9-8-12-10-11(4-6-13(12)18)5-7-14(17)19/h4-10H,1-3H3,(H2,17,19). The molecule has 0 saturated carbocycles. The van der Waals surface area contributed by atoms with E-state index in [1.165, 1.54) is 10.6 Å². The van der Waals surface area contributed by atoms with Crippen molar-refractivity contribution in [1.29, 1.82) is 0 Å². The topological polar surface area (TPSA) is 74.3 Å². The van der Waals surface area contributed by atoms with E-state index in [9.17, 15) is 9.59 Å². The van der Waals surface area contributed by atoms with Gasteiger partial charge in [-0.25, -0.2) is 4.79 Å². The maximum Gasteiger partial charge on any atom is 0.418 e. The fraction of sp³-hybridized carbons (Fsp3) is 0.250. The van der Waals surface area contributed by atoms with E-state index >= 15 is 0 Å². The molecule has 1 aromatic heterocycles. The van der Waals surface area contributed by atoms with Gasteiger partial charge in [0.25, 0.3) is 0 Å². The summed E-state index contributed by atoms with van der Waals surface area (Å²) in [6.07, 6.45) is 4.18. The zero-order chi connectivity index (χ0) is 15.6. The van der Waals surface area contributed by atoms with Crippen molar-refractivity contribution in [3.8, 4) is 0 Å². The van der Waals surface area contributed by atoms with Gasteiger partial charge in [-0.15, -0.1) is 0 Å². The zero-order valence-electron chi connectivity index (χ0n) is 12.3. The molecular weight excluding hydrogens is 268 g/mol. The van der Waals surface area contributed by atoms with Gasteiger partial charge in [0.1, 0.15) is 5.60 Å². The van der Waals surface area contributed by atoms with Gasteiger partial charge in [0.15, 0.2) is 0 Å². The lowest BCUT2D eigenvalue weighted by molar-refractivity contribution is -0.113. The van der Waals surface area contributed by atoms with Gasteiger partial charge in [0.05, 0.1) is 5.52 Å². The third kappa shape index (κ3) is 3.72. The summed E-state index contributed by atoms with van der Waals surface area (Å²) in [6.45, 7) is 5.47. The molecule has 0 aliphatic carbocycles. The first-order chi connectivity index (χ1) is 9.76. The summed E-state index contributed by atoms with van der Waals surface area (Å²) < 4.78 is 6.81. The third-order valence-corrected chi connectivity index (χ3v) is 2.74. The van der Waals surface area contributed by atoms with Crippen molar-refractivity contribution in [3.05, 3.63) is 42.1 Å². The Hall–Kier alpha value is -2.56. The summed E-state index contributed by atoms with van der Waals surface area (Å²) >= 11 is 0. The van der Waals surface area contributed by atoms with Crippen molar-refractivity contribution in [1.82, 2.24) is 4.57 Å². The number of nitrogens with zero attached hydrogens (tertiary/aromatic N) is 1. The molecule has 1 amide bonds. The number of primary amides is 1. The van der Waals surface area contributed by atoms with Gasteiger partial charge in [-0.3, -0.25) is 9.36 Å². The van der Waals surface area contributed by atoms with Crippen LogP contribution in [0.1, 0.15) is 26.3 Å². The van der Waals surface area contributed by atoms with Crippen molar-refractivity contribution >= 4 is 29.0 Å². The van der Waals surface area contributed by atoms with Crippen molar-refractivity contribution in [2.75, 3.05) is 0 Å². The molecule has 0 radical (unpaired) electrons. The van der Waals surface area contributed by atoms with Crippen LogP contribution < -0.4 is 5.73 Å². The highest BCUT2D eigenvalue weighted by molar-refractivity contribution is 5.93. The smallest absolute Gasteiger partial charge is 0.418 e. The van der Waals surface area contributed by atoms with E-state index in [4.69, 9.17) is 10.5 Å². The van der Waals surface area contributed by atoms with Crippen LogP contribution in [-0.4, -0.2) is 22.2 Å². The fourth-order valence-electron chi connectivity index (χ4n) is 1.91. The maximum atomic E-state index is 12.1. The molecule has 1 heterocycles. The normalized spacial score (nSPS) is 12.0. The van der Waals surface area contributed by atoms with Crippen LogP contribution in [0.25, 0.3) is 17.0 Å². The summed E-state index contributed by atoms with van der Waals surface area (Å²) in [5.41, 5.74) is 6.11. The number of carbonyl (C=O) groups is 2. The SMILES string of the molecule is CC(C)(C)OC(=O)n1ccc2cc(C=CC(N)=O)ccc21. The maximum absolute atomic E-state index is 12.1. The Morgan fingerprint density at radius 3 is 2.57 bits per heavy atom. The number of fused-ring (bicyclic) bond motifs is 1. The van der Waals surface area contributed by atoms with Gasteiger partial charge < -0.3 is 10.5 Å². The van der Waals surface area contributed by atoms with E-state index in [0.29, 0.717) is 0 Å². The van der Waals surface area contributed by atoms with Crippen LogP contribution in [0.5, 0.6) is 0 Å². The number of carbonyl (C=O) groups excluding carboxylic acids is 2. The first-order valence-electron chi connectivity index (χ1n) is 6.58. The molecule has 0 aliphatic rings. The number of rotatable bonds is 2. The first-order valence-corrected chi connectivity index (χ1v) is 6.58. The van der Waals surface area contributed by atoms with Crippen LogP contribution in [0, 0.1) is 0 Å². The highest BCUT2D eigenvalue weighted by Gasteiger charge is 2.18. The van der Waals surface area contributed by atoms with Crippen molar-refractivity contribution in [2.45, 2.75) is 26.4 Å². The molecule has 5 nitrogen and oxygen atoms in total. The lowest BCUT2D eigenvalue weighted by atomic mass is 10.1. The number of amides is 1. The predicted octanol–water partition coefficient (Wildman–Crippen LogP) is 2.92. The molecule has 2 aromatic rings. The number of ether oxygens (including phenoxy) is 1. The molecule has 1 aromatic carbocycles. The summed E-state index contributed by atoms with van der Waals surface area (Å²) in [5, 5.41) is 0.882. The van der Waals surface area contributed by atoms with E-state index in [2.05, 4.69) is 0 Å². The zero-order valence-corrected chi connectivity index (χ0v) is 12.3. The highest BCUT2D eigenvalue weighted by Crippen LogP contribution is 2.20. The van der Waals surface area contributed by atoms with Gasteiger partial charge in [0.2, 0.25) is 5.91 Å². The van der Waals surface area contributed by atoms with E-state index in [1.807, 2.05) is 39.0 Å². The van der Waals surface area contributed by atoms with Crippen molar-refractivity contribution in [2.24, 2.45) is 5.73 Å². The molecule has 0 aliphatic heterocycles. The molecule has 21 heavy (non-hydrogen) atoms. The minimum atomic E-state index is -0.544. The molecule has 2 rings (SSSR count). The second-order valence-electron chi connectivity index (χ2n) is 5.72. The summed E-state index contributed by atoms with van der Waals surface area (Å²) in [4.78, 5) is 22.8. The fourth-order valence-corrected chi connectivity index (χ4v) is 1.91. The minimum Gasteiger partial charge on any atom is -0.443 e. The van der Waals surface area contributed by atoms with E-state index in [1.54, 1.807) is 18.3 Å². The van der Waals surface area contributed by atoms with Gasteiger partial charge in [-0.2, -0.15) is 0 Å². The van der Waals surface area contributed by atoms with Crippen LogP contribution in [-0.2, 0) is 9.53 Å². The lowest BCUT2D eigenvalue weighted by Crippen LogP contribution is -2.26. The van der Waals surface area contributed by atoms with Crippen LogP contribution in [0.4, 0.5) is 4.79 Å². The molecule has 110 valence electrons. The quantitative estimate of drug-likeness (QED) is 0.862. The van der Waals surface area contributed by atoms with Gasteiger partial charge in [-0.1, -0.05) is 6.07 Å². The molecule has 5 heteroatoms. The number of aromatic nitrogens is 1. The molecule has 2 N–H and O–H groups in total. The molecule has 0 bridgehead atoms. The monoisotopic (exact) mass is 286 g/mol. The van der Waals surface area contributed by atoms with Crippen molar-refractivity contribution < 1.29 is 14.3 Å². The largest absolute Gasteiger partial charge is 0.443 e. The van der Waals surface area contributed by atoms with E-state index in [-0.39, 0.29) is 0 Å². The molecular formula is C16H18N2O3. The first kappa shape index (κ1) is 14.8. The second-order valence-corrected chi connectivity index (χ2v) is 5.72. The minimum absolute atomic E-state index is 0.419. The van der Waals surface area contributed by atoms with Gasteiger partial charge >= 0.3 is 6.09 Å². The summed E-state index contributed by atoms with van der Waals surface area (Å²) in [6, 6.07) is 7.30. The predicted molar refractivity (Wildman–Crippen MR) is 81.8 cm³/mol. The Labute approximate surface area is 123 Å². The van der Waals surface area contributed by atoms with Crippen LogP contribution in [0.2, 0.25) is 0 Å². The Kier molecular flexibility index (Phi) is 3.84. The number of hydrogen-bond donors (Lipinski definition) is 1. The number of nitrogens with two attached hydrogens (primary N) is 1. The molecule has 0 unspecified atom stereocenters. The Morgan fingerprint density at radius 2 is 1.95 bits per heavy atom. The Balaban J connectivity index is 2.33. The van der Waals surface area contributed by atoms with Gasteiger partial charge in [0, 0.05) is 17.7 Å². The summed E-state index contributed by atoms with van der Waals surface area (Å²) in [7, 11) is 0. The van der Waals surface area contributed by atoms with Crippen LogP contribution in [0.15, 0.2) is 36.5 Å². The van der Waals surface area contributed by atoms with Crippen LogP contribution in [0.3, 0.4) is 0 Å². The number of benzene rings is 1. The second kappa shape index (κ2) is 5.44. The third-order valence-electron chi connectivity index (χ3n) is 2.74. The Bertz CT molecular complexity index is 721. The molecule has 0 atom stereocenters. The van der Waals surface area contributed by atoms with Crippen LogP contribution >= 0.6 is 0 Å². The van der Waals surface area contributed by atoms with E-state index < -0.39 is 17.6 Å². The molecule has 0 spiro atoms. The summed E-state index contributed by atoms with van der Waals surface area (Å²) in [5.74, 6) is -0.499.